The molecule has 0 unspecified atom stereocenters. The van der Waals surface area contributed by atoms with Gasteiger partial charge in [-0.1, -0.05) is 30.3 Å². The maximum atomic E-state index is 12.8. The van der Waals surface area contributed by atoms with Crippen LogP contribution < -0.4 is 20.4 Å². The van der Waals surface area contributed by atoms with Crippen molar-refractivity contribution in [3.63, 3.8) is 0 Å². The molecule has 3 aromatic carbocycles. The molecule has 0 saturated heterocycles. The van der Waals surface area contributed by atoms with Gasteiger partial charge in [-0.2, -0.15) is 0 Å². The lowest BCUT2D eigenvalue weighted by molar-refractivity contribution is 0.102. The lowest BCUT2D eigenvalue weighted by Gasteiger charge is -2.12. The van der Waals surface area contributed by atoms with Crippen LogP contribution in [0.2, 0.25) is 0 Å². The summed E-state index contributed by atoms with van der Waals surface area (Å²) in [5.41, 5.74) is 0.0860. The van der Waals surface area contributed by atoms with E-state index >= 15 is 0 Å². The van der Waals surface area contributed by atoms with E-state index in [0.29, 0.717) is 34.8 Å². The van der Waals surface area contributed by atoms with Gasteiger partial charge in [0.15, 0.2) is 5.75 Å². The summed E-state index contributed by atoms with van der Waals surface area (Å²) in [4.78, 5) is 25.0. The fraction of sp³-hybridized carbons (Fsp3) is 0.0833. The number of hydrogen-bond donors (Lipinski definition) is 1. The topological polar surface area (TPSA) is 77.8 Å². The SMILES string of the molecule is CCOc1ccc(Oc2ccccc2NC(=O)c2cc3ccccc3oc2=O)cc1. The zero-order valence-electron chi connectivity index (χ0n) is 16.3. The normalized spacial score (nSPS) is 10.6. The molecule has 0 saturated carbocycles. The van der Waals surface area contributed by atoms with Crippen LogP contribution in [0, 0.1) is 0 Å². The summed E-state index contributed by atoms with van der Waals surface area (Å²) in [5, 5.41) is 3.40. The van der Waals surface area contributed by atoms with Gasteiger partial charge in [0.2, 0.25) is 0 Å². The predicted octanol–water partition coefficient (Wildman–Crippen LogP) is 5.24. The van der Waals surface area contributed by atoms with Crippen molar-refractivity contribution in [2.24, 2.45) is 0 Å². The van der Waals surface area contributed by atoms with Crippen LogP contribution in [-0.4, -0.2) is 12.5 Å². The van der Waals surface area contributed by atoms with Crippen molar-refractivity contribution in [1.29, 1.82) is 0 Å². The van der Waals surface area contributed by atoms with Gasteiger partial charge in [-0.25, -0.2) is 4.79 Å². The van der Waals surface area contributed by atoms with Crippen molar-refractivity contribution in [3.05, 3.63) is 94.8 Å². The fourth-order valence-electron chi connectivity index (χ4n) is 2.97. The van der Waals surface area contributed by atoms with Gasteiger partial charge in [-0.3, -0.25) is 4.79 Å². The van der Waals surface area contributed by atoms with Gasteiger partial charge in [0.1, 0.15) is 22.6 Å². The second kappa shape index (κ2) is 8.53. The van der Waals surface area contributed by atoms with E-state index < -0.39 is 11.5 Å². The third-order valence-electron chi connectivity index (χ3n) is 4.38. The zero-order chi connectivity index (χ0) is 20.9. The average molecular weight is 401 g/mol. The lowest BCUT2D eigenvalue weighted by Crippen LogP contribution is -2.20. The van der Waals surface area contributed by atoms with Gasteiger partial charge in [0.05, 0.1) is 12.3 Å². The van der Waals surface area contributed by atoms with E-state index in [1.54, 1.807) is 66.7 Å². The first-order valence-electron chi connectivity index (χ1n) is 9.48. The number of benzene rings is 3. The van der Waals surface area contributed by atoms with Gasteiger partial charge >= 0.3 is 5.63 Å². The molecule has 4 aromatic rings. The van der Waals surface area contributed by atoms with E-state index in [-0.39, 0.29) is 5.56 Å². The van der Waals surface area contributed by atoms with Gasteiger partial charge in [-0.15, -0.1) is 0 Å². The number of fused-ring (bicyclic) bond motifs is 1. The van der Waals surface area contributed by atoms with Crippen LogP contribution in [-0.2, 0) is 0 Å². The van der Waals surface area contributed by atoms with E-state index in [1.165, 1.54) is 6.07 Å². The van der Waals surface area contributed by atoms with Gasteiger partial charge in [0.25, 0.3) is 5.91 Å². The standard InChI is InChI=1S/C24H19NO5/c1-2-28-17-11-13-18(14-12-17)29-22-10-6-4-8-20(22)25-23(26)19-15-16-7-3-5-9-21(16)30-24(19)27/h3-15H,2H2,1H3,(H,25,26). The van der Waals surface area contributed by atoms with Crippen LogP contribution in [0.25, 0.3) is 11.0 Å². The number of carbonyl (C=O) groups is 1. The minimum Gasteiger partial charge on any atom is -0.494 e. The molecule has 4 rings (SSSR count). The third-order valence-corrected chi connectivity index (χ3v) is 4.38. The van der Waals surface area contributed by atoms with Gasteiger partial charge in [0, 0.05) is 5.39 Å². The van der Waals surface area contributed by atoms with Crippen LogP contribution in [0.5, 0.6) is 17.2 Å². The number of para-hydroxylation sites is 3. The van der Waals surface area contributed by atoms with Crippen molar-refractivity contribution in [2.45, 2.75) is 6.92 Å². The summed E-state index contributed by atoms with van der Waals surface area (Å²) in [6.07, 6.45) is 0. The Morgan fingerprint density at radius 1 is 0.933 bits per heavy atom. The molecule has 0 aliphatic rings. The molecular weight excluding hydrogens is 382 g/mol. The number of rotatable bonds is 6. The summed E-state index contributed by atoms with van der Waals surface area (Å²) >= 11 is 0. The van der Waals surface area contributed by atoms with E-state index in [1.807, 2.05) is 13.0 Å². The molecule has 1 heterocycles. The highest BCUT2D eigenvalue weighted by molar-refractivity contribution is 6.06. The summed E-state index contributed by atoms with van der Waals surface area (Å²) in [5.74, 6) is 1.21. The molecule has 1 aromatic heterocycles. The Bertz CT molecular complexity index is 1240. The molecule has 1 amide bonds. The van der Waals surface area contributed by atoms with E-state index in [0.717, 1.165) is 5.75 Å². The first-order valence-corrected chi connectivity index (χ1v) is 9.48. The molecule has 0 aliphatic heterocycles. The van der Waals surface area contributed by atoms with Gasteiger partial charge < -0.3 is 19.2 Å². The molecule has 0 radical (unpaired) electrons. The Kier molecular flexibility index (Phi) is 5.48. The number of nitrogens with one attached hydrogen (secondary N) is 1. The maximum absolute atomic E-state index is 12.8. The molecule has 6 nitrogen and oxygen atoms in total. The first kappa shape index (κ1) is 19.3. The van der Waals surface area contributed by atoms with Crippen molar-refractivity contribution >= 4 is 22.6 Å². The molecular formula is C24H19NO5. The number of amides is 1. The summed E-state index contributed by atoms with van der Waals surface area (Å²) in [6.45, 7) is 2.50. The molecule has 0 bridgehead atoms. The molecule has 150 valence electrons. The Balaban J connectivity index is 1.57. The third kappa shape index (κ3) is 4.17. The van der Waals surface area contributed by atoms with E-state index in [4.69, 9.17) is 13.9 Å². The van der Waals surface area contributed by atoms with E-state index in [9.17, 15) is 9.59 Å². The second-order valence-electron chi connectivity index (χ2n) is 6.44. The maximum Gasteiger partial charge on any atom is 0.349 e. The zero-order valence-corrected chi connectivity index (χ0v) is 16.3. The van der Waals surface area contributed by atoms with Crippen LogP contribution in [0.1, 0.15) is 17.3 Å². The van der Waals surface area contributed by atoms with Crippen LogP contribution in [0.4, 0.5) is 5.69 Å². The van der Waals surface area contributed by atoms with Crippen molar-refractivity contribution < 1.29 is 18.7 Å². The minimum atomic E-state index is -0.698. The molecule has 6 heteroatoms. The lowest BCUT2D eigenvalue weighted by atomic mass is 10.1. The molecule has 0 aliphatic carbocycles. The van der Waals surface area contributed by atoms with Crippen LogP contribution in [0.15, 0.2) is 88.1 Å². The summed E-state index contributed by atoms with van der Waals surface area (Å²) in [7, 11) is 0. The highest BCUT2D eigenvalue weighted by Gasteiger charge is 2.16. The Morgan fingerprint density at radius 2 is 1.63 bits per heavy atom. The summed E-state index contributed by atoms with van der Waals surface area (Å²) in [6, 6.07) is 22.7. The number of carbonyl (C=O) groups excluding carboxylic acids is 1. The molecule has 0 spiro atoms. The monoisotopic (exact) mass is 401 g/mol. The molecule has 1 N–H and O–H groups in total. The van der Waals surface area contributed by atoms with Crippen molar-refractivity contribution in [2.75, 3.05) is 11.9 Å². The Labute approximate surface area is 172 Å². The fourth-order valence-corrected chi connectivity index (χ4v) is 2.97. The first-order chi connectivity index (χ1) is 14.6. The Hall–Kier alpha value is -4.06. The smallest absolute Gasteiger partial charge is 0.349 e. The number of hydrogen-bond acceptors (Lipinski definition) is 5. The molecule has 30 heavy (non-hydrogen) atoms. The quantitative estimate of drug-likeness (QED) is 0.447. The molecule has 0 fully saturated rings. The highest BCUT2D eigenvalue weighted by atomic mass is 16.5. The number of ether oxygens (including phenoxy) is 2. The average Bonchev–Trinajstić information content (AvgIpc) is 2.76. The predicted molar refractivity (Wildman–Crippen MR) is 115 cm³/mol. The van der Waals surface area contributed by atoms with Crippen molar-refractivity contribution in [1.82, 2.24) is 0 Å². The highest BCUT2D eigenvalue weighted by Crippen LogP contribution is 2.30. The summed E-state index contributed by atoms with van der Waals surface area (Å²) < 4.78 is 16.6. The number of anilines is 1. The minimum absolute atomic E-state index is 0.0791. The van der Waals surface area contributed by atoms with Crippen LogP contribution in [0.3, 0.4) is 0 Å². The van der Waals surface area contributed by atoms with Gasteiger partial charge in [-0.05, 0) is 55.5 Å². The molecule has 0 atom stereocenters. The Morgan fingerprint density at radius 3 is 2.43 bits per heavy atom. The largest absolute Gasteiger partial charge is 0.494 e. The van der Waals surface area contributed by atoms with Crippen LogP contribution >= 0.6 is 0 Å². The van der Waals surface area contributed by atoms with Crippen molar-refractivity contribution in [3.8, 4) is 17.2 Å². The van der Waals surface area contributed by atoms with E-state index in [2.05, 4.69) is 5.32 Å². The second-order valence-corrected chi connectivity index (χ2v) is 6.44.